The van der Waals surface area contributed by atoms with E-state index in [1.807, 2.05) is 18.2 Å². The summed E-state index contributed by atoms with van der Waals surface area (Å²) in [7, 11) is 0. The molecule has 5 heteroatoms. The number of nitrogens with one attached hydrogen (secondary N) is 1. The van der Waals surface area contributed by atoms with Crippen molar-refractivity contribution < 1.29 is 4.79 Å². The summed E-state index contributed by atoms with van der Waals surface area (Å²) in [5.74, 6) is 0.952. The van der Waals surface area contributed by atoms with Gasteiger partial charge in [0.05, 0.1) is 0 Å². The van der Waals surface area contributed by atoms with Crippen LogP contribution in [-0.4, -0.2) is 35.5 Å². The minimum absolute atomic E-state index is 0. The molecule has 4 rings (SSSR count). The van der Waals surface area contributed by atoms with Crippen molar-refractivity contribution in [2.75, 3.05) is 6.54 Å². The van der Waals surface area contributed by atoms with Crippen molar-refractivity contribution in [1.29, 1.82) is 0 Å². The lowest BCUT2D eigenvalue weighted by atomic mass is 9.89. The molecule has 3 heterocycles. The second-order valence-corrected chi connectivity index (χ2v) is 8.27. The second-order valence-electron chi connectivity index (χ2n) is 7.86. The number of carbonyl (C=O) groups excluding carboxylic acids is 1. The Morgan fingerprint density at radius 1 is 1.16 bits per heavy atom. The second kappa shape index (κ2) is 8.28. The molecule has 3 saturated heterocycles. The number of rotatable bonds is 4. The summed E-state index contributed by atoms with van der Waals surface area (Å²) in [5.41, 5.74) is 1.17. The third kappa shape index (κ3) is 4.32. The number of carbonyl (C=O) groups is 1. The van der Waals surface area contributed by atoms with E-state index >= 15 is 0 Å². The van der Waals surface area contributed by atoms with Crippen molar-refractivity contribution in [3.8, 4) is 0 Å². The first-order valence-corrected chi connectivity index (χ1v) is 9.86. The van der Waals surface area contributed by atoms with E-state index in [0.29, 0.717) is 30.0 Å². The van der Waals surface area contributed by atoms with Crippen LogP contribution in [0.2, 0.25) is 5.02 Å². The van der Waals surface area contributed by atoms with Crippen LogP contribution in [0.1, 0.15) is 50.5 Å². The Morgan fingerprint density at radius 3 is 2.60 bits per heavy atom. The van der Waals surface area contributed by atoms with Gasteiger partial charge in [0.2, 0.25) is 5.91 Å². The summed E-state index contributed by atoms with van der Waals surface area (Å²) in [6.07, 6.45) is 8.84. The molecule has 3 fully saturated rings. The highest BCUT2D eigenvalue weighted by Gasteiger charge is 2.36. The molecule has 3 unspecified atom stereocenters. The molecule has 1 aromatic rings. The van der Waals surface area contributed by atoms with E-state index in [4.69, 9.17) is 11.6 Å². The Balaban J connectivity index is 0.00000182. The number of amides is 1. The SMILES string of the molecule is Cl.O=C(CC1CC2CCC(C1)N2)N1CCCC1Cc1ccccc1Cl. The molecule has 1 amide bonds. The first-order chi connectivity index (χ1) is 11.7. The largest absolute Gasteiger partial charge is 0.339 e. The van der Waals surface area contributed by atoms with Gasteiger partial charge in [0.15, 0.2) is 0 Å². The quantitative estimate of drug-likeness (QED) is 0.845. The number of hydrogen-bond acceptors (Lipinski definition) is 2. The minimum atomic E-state index is 0. The summed E-state index contributed by atoms with van der Waals surface area (Å²) in [5, 5.41) is 4.50. The zero-order valence-electron chi connectivity index (χ0n) is 14.6. The van der Waals surface area contributed by atoms with Crippen LogP contribution >= 0.6 is 24.0 Å². The number of likely N-dealkylation sites (tertiary alicyclic amines) is 1. The molecule has 3 nitrogen and oxygen atoms in total. The monoisotopic (exact) mass is 382 g/mol. The number of hydrogen-bond donors (Lipinski definition) is 1. The zero-order valence-corrected chi connectivity index (χ0v) is 16.2. The number of nitrogens with zero attached hydrogens (tertiary/aromatic N) is 1. The molecule has 0 saturated carbocycles. The average molecular weight is 383 g/mol. The van der Waals surface area contributed by atoms with E-state index in [-0.39, 0.29) is 12.4 Å². The van der Waals surface area contributed by atoms with E-state index < -0.39 is 0 Å². The summed E-state index contributed by atoms with van der Waals surface area (Å²) >= 11 is 6.31. The molecule has 3 aliphatic rings. The van der Waals surface area contributed by atoms with Gasteiger partial charge >= 0.3 is 0 Å². The van der Waals surface area contributed by atoms with Gasteiger partial charge in [0.25, 0.3) is 0 Å². The number of fused-ring (bicyclic) bond motifs is 2. The van der Waals surface area contributed by atoms with Crippen LogP contribution in [0, 0.1) is 5.92 Å². The van der Waals surface area contributed by atoms with Crippen molar-refractivity contribution in [2.24, 2.45) is 5.92 Å². The van der Waals surface area contributed by atoms with Gasteiger partial charge in [0, 0.05) is 36.1 Å². The van der Waals surface area contributed by atoms with Crippen molar-refractivity contribution in [1.82, 2.24) is 10.2 Å². The van der Waals surface area contributed by atoms with E-state index in [2.05, 4.69) is 16.3 Å². The van der Waals surface area contributed by atoms with Crippen LogP contribution in [0.15, 0.2) is 24.3 Å². The number of piperidine rings is 1. The fourth-order valence-electron chi connectivity index (χ4n) is 5.00. The summed E-state index contributed by atoms with van der Waals surface area (Å²) in [4.78, 5) is 15.1. The zero-order chi connectivity index (χ0) is 16.5. The van der Waals surface area contributed by atoms with Gasteiger partial charge in [-0.1, -0.05) is 29.8 Å². The molecule has 3 aliphatic heterocycles. The third-order valence-electron chi connectivity index (χ3n) is 6.14. The van der Waals surface area contributed by atoms with Crippen LogP contribution in [0.4, 0.5) is 0 Å². The minimum Gasteiger partial charge on any atom is -0.339 e. The fraction of sp³-hybridized carbons (Fsp3) is 0.650. The highest BCUT2D eigenvalue weighted by Crippen LogP contribution is 2.34. The van der Waals surface area contributed by atoms with Gasteiger partial charge in [-0.15, -0.1) is 12.4 Å². The predicted molar refractivity (Wildman–Crippen MR) is 104 cm³/mol. The van der Waals surface area contributed by atoms with Gasteiger partial charge in [0.1, 0.15) is 0 Å². The average Bonchev–Trinajstić information content (AvgIpc) is 3.16. The molecule has 0 aromatic heterocycles. The predicted octanol–water partition coefficient (Wildman–Crippen LogP) is 4.22. The molecular formula is C20H28Cl2N2O. The smallest absolute Gasteiger partial charge is 0.223 e. The van der Waals surface area contributed by atoms with E-state index in [1.165, 1.54) is 31.2 Å². The standard InChI is InChI=1S/C20H27ClN2O.ClH/c21-19-6-2-1-4-15(19)13-18-5-3-9-23(18)20(24)12-14-10-16-7-8-17(11-14)22-16;/h1-2,4,6,14,16-18,22H,3,5,7-13H2;1H. The molecule has 138 valence electrons. The molecule has 0 radical (unpaired) electrons. The first kappa shape index (κ1) is 19.0. The topological polar surface area (TPSA) is 32.3 Å². The molecular weight excluding hydrogens is 355 g/mol. The van der Waals surface area contributed by atoms with Gasteiger partial charge in [-0.25, -0.2) is 0 Å². The van der Waals surface area contributed by atoms with Crippen LogP contribution in [0.5, 0.6) is 0 Å². The number of benzene rings is 1. The van der Waals surface area contributed by atoms with Crippen molar-refractivity contribution >= 4 is 29.9 Å². The third-order valence-corrected chi connectivity index (χ3v) is 6.51. The lowest BCUT2D eigenvalue weighted by Gasteiger charge is -2.31. The van der Waals surface area contributed by atoms with E-state index in [9.17, 15) is 4.79 Å². The molecule has 0 aliphatic carbocycles. The van der Waals surface area contributed by atoms with Crippen LogP contribution in [0.3, 0.4) is 0 Å². The maximum Gasteiger partial charge on any atom is 0.223 e. The molecule has 0 spiro atoms. The summed E-state index contributed by atoms with van der Waals surface area (Å²) < 4.78 is 0. The highest BCUT2D eigenvalue weighted by atomic mass is 35.5. The fourth-order valence-corrected chi connectivity index (χ4v) is 5.21. The van der Waals surface area contributed by atoms with Crippen molar-refractivity contribution in [3.63, 3.8) is 0 Å². The molecule has 1 N–H and O–H groups in total. The van der Waals surface area contributed by atoms with Gasteiger partial charge in [-0.2, -0.15) is 0 Å². The van der Waals surface area contributed by atoms with E-state index in [1.54, 1.807) is 0 Å². The first-order valence-electron chi connectivity index (χ1n) is 9.48. The maximum absolute atomic E-state index is 12.9. The lowest BCUT2D eigenvalue weighted by molar-refractivity contribution is -0.133. The van der Waals surface area contributed by atoms with Crippen LogP contribution < -0.4 is 5.32 Å². The Kier molecular flexibility index (Phi) is 6.30. The molecule has 1 aromatic carbocycles. The number of halogens is 2. The van der Waals surface area contributed by atoms with Crippen molar-refractivity contribution in [3.05, 3.63) is 34.9 Å². The van der Waals surface area contributed by atoms with Gasteiger partial charge in [-0.3, -0.25) is 4.79 Å². The maximum atomic E-state index is 12.9. The summed E-state index contributed by atoms with van der Waals surface area (Å²) in [6.45, 7) is 0.922. The van der Waals surface area contributed by atoms with Gasteiger partial charge in [-0.05, 0) is 62.5 Å². The van der Waals surface area contributed by atoms with Crippen LogP contribution in [-0.2, 0) is 11.2 Å². The summed E-state index contributed by atoms with van der Waals surface area (Å²) in [6, 6.07) is 9.70. The molecule has 2 bridgehead atoms. The Hall–Kier alpha value is -0.770. The van der Waals surface area contributed by atoms with Crippen molar-refractivity contribution in [2.45, 2.75) is 69.5 Å². The normalized spacial score (nSPS) is 31.0. The molecule has 3 atom stereocenters. The Morgan fingerprint density at radius 2 is 1.88 bits per heavy atom. The lowest BCUT2D eigenvalue weighted by Crippen LogP contribution is -2.42. The Labute approximate surface area is 161 Å². The Bertz CT molecular complexity index is 597. The van der Waals surface area contributed by atoms with Gasteiger partial charge < -0.3 is 10.2 Å². The van der Waals surface area contributed by atoms with E-state index in [0.717, 1.165) is 37.3 Å². The molecule has 25 heavy (non-hydrogen) atoms. The van der Waals surface area contributed by atoms with Crippen LogP contribution in [0.25, 0.3) is 0 Å². The highest BCUT2D eigenvalue weighted by molar-refractivity contribution is 6.31.